The lowest BCUT2D eigenvalue weighted by Gasteiger charge is -2.09. The third-order valence-electron chi connectivity index (χ3n) is 2.42. The Labute approximate surface area is 106 Å². The fourth-order valence-corrected chi connectivity index (χ4v) is 1.23. The Kier molecular flexibility index (Phi) is 5.32. The third-order valence-corrected chi connectivity index (χ3v) is 2.42. The average Bonchev–Trinajstić information content (AvgIpc) is 2.35. The Morgan fingerprint density at radius 3 is 2.50 bits per heavy atom. The van der Waals surface area contributed by atoms with Crippen LogP contribution in [0.1, 0.15) is 18.1 Å². The van der Waals surface area contributed by atoms with Crippen LogP contribution in [0.4, 0.5) is 0 Å². The van der Waals surface area contributed by atoms with E-state index in [0.29, 0.717) is 6.54 Å². The number of aryl methyl sites for hydroxylation is 1. The van der Waals surface area contributed by atoms with Crippen molar-refractivity contribution in [2.24, 2.45) is 0 Å². The molecular formula is C13H17NO4. The Morgan fingerprint density at radius 2 is 1.94 bits per heavy atom. The van der Waals surface area contributed by atoms with Crippen LogP contribution in [-0.2, 0) is 20.9 Å². The van der Waals surface area contributed by atoms with Crippen molar-refractivity contribution >= 4 is 11.9 Å². The summed E-state index contributed by atoms with van der Waals surface area (Å²) in [4.78, 5) is 21.8. The Morgan fingerprint density at radius 1 is 1.33 bits per heavy atom. The Balaban J connectivity index is 2.29. The van der Waals surface area contributed by atoms with Gasteiger partial charge in [-0.15, -0.1) is 0 Å². The maximum Gasteiger partial charge on any atom is 0.332 e. The lowest BCUT2D eigenvalue weighted by atomic mass is 10.1. The number of carbonyl (C=O) groups is 2. The van der Waals surface area contributed by atoms with Gasteiger partial charge in [0.2, 0.25) is 5.91 Å². The van der Waals surface area contributed by atoms with Crippen LogP contribution < -0.4 is 5.32 Å². The molecule has 0 saturated carbocycles. The molecule has 0 saturated heterocycles. The van der Waals surface area contributed by atoms with Crippen LogP contribution in [0.25, 0.3) is 0 Å². The number of rotatable bonds is 6. The van der Waals surface area contributed by atoms with Crippen molar-refractivity contribution in [2.45, 2.75) is 26.5 Å². The van der Waals surface area contributed by atoms with Crippen molar-refractivity contribution in [3.63, 3.8) is 0 Å². The van der Waals surface area contributed by atoms with Crippen molar-refractivity contribution in [1.82, 2.24) is 5.32 Å². The number of nitrogens with one attached hydrogen (secondary N) is 1. The summed E-state index contributed by atoms with van der Waals surface area (Å²) in [5.41, 5.74) is 2.14. The highest BCUT2D eigenvalue weighted by Crippen LogP contribution is 2.02. The van der Waals surface area contributed by atoms with Crippen LogP contribution in [-0.4, -0.2) is 29.7 Å². The van der Waals surface area contributed by atoms with Crippen molar-refractivity contribution in [3.8, 4) is 0 Å². The topological polar surface area (TPSA) is 75.6 Å². The predicted octanol–water partition coefficient (Wildman–Crippen LogP) is 1.10. The largest absolute Gasteiger partial charge is 0.479 e. The minimum Gasteiger partial charge on any atom is -0.479 e. The van der Waals surface area contributed by atoms with Crippen LogP contribution in [0.3, 0.4) is 0 Å². The molecule has 0 aromatic heterocycles. The van der Waals surface area contributed by atoms with Gasteiger partial charge in [0.1, 0.15) is 6.61 Å². The number of carbonyl (C=O) groups excluding carboxylic acids is 1. The molecule has 98 valence electrons. The van der Waals surface area contributed by atoms with E-state index in [1.807, 2.05) is 31.2 Å². The average molecular weight is 251 g/mol. The first-order valence-corrected chi connectivity index (χ1v) is 5.65. The first kappa shape index (κ1) is 14.2. The summed E-state index contributed by atoms with van der Waals surface area (Å²) in [5, 5.41) is 11.2. The van der Waals surface area contributed by atoms with E-state index in [4.69, 9.17) is 9.84 Å². The van der Waals surface area contributed by atoms with E-state index in [1.165, 1.54) is 6.92 Å². The van der Waals surface area contributed by atoms with Gasteiger partial charge in [-0.25, -0.2) is 4.79 Å². The summed E-state index contributed by atoms with van der Waals surface area (Å²) in [7, 11) is 0. The van der Waals surface area contributed by atoms with Gasteiger partial charge in [0.05, 0.1) is 0 Å². The molecule has 1 aromatic carbocycles. The number of hydrogen-bond donors (Lipinski definition) is 2. The van der Waals surface area contributed by atoms with Crippen LogP contribution in [0.5, 0.6) is 0 Å². The van der Waals surface area contributed by atoms with E-state index in [9.17, 15) is 9.59 Å². The molecule has 5 nitrogen and oxygen atoms in total. The van der Waals surface area contributed by atoms with E-state index < -0.39 is 12.1 Å². The molecule has 18 heavy (non-hydrogen) atoms. The molecule has 0 unspecified atom stereocenters. The summed E-state index contributed by atoms with van der Waals surface area (Å²) < 4.78 is 4.86. The lowest BCUT2D eigenvalue weighted by molar-refractivity contribution is -0.150. The van der Waals surface area contributed by atoms with E-state index in [-0.39, 0.29) is 12.5 Å². The van der Waals surface area contributed by atoms with E-state index in [1.54, 1.807) is 0 Å². The number of amides is 1. The minimum atomic E-state index is -1.08. The SMILES string of the molecule is Cc1ccc(CNC(=O)CO[C@H](C)C(=O)O)cc1. The summed E-state index contributed by atoms with van der Waals surface area (Å²) in [6.07, 6.45) is -0.977. The monoisotopic (exact) mass is 251 g/mol. The standard InChI is InChI=1S/C13H17NO4/c1-9-3-5-11(6-4-9)7-14-12(15)8-18-10(2)13(16)17/h3-6,10H,7-8H2,1-2H3,(H,14,15)(H,16,17)/t10-/m1/s1. The number of aliphatic carboxylic acids is 1. The summed E-state index contributed by atoms with van der Waals surface area (Å²) in [5.74, 6) is -1.41. The smallest absolute Gasteiger partial charge is 0.332 e. The van der Waals surface area contributed by atoms with Gasteiger partial charge in [0.15, 0.2) is 6.10 Å². The molecule has 0 fully saturated rings. The highest BCUT2D eigenvalue weighted by Gasteiger charge is 2.12. The Bertz CT molecular complexity index is 414. The molecule has 1 amide bonds. The van der Waals surface area contributed by atoms with Crippen molar-refractivity contribution in [2.75, 3.05) is 6.61 Å². The number of carboxylic acid groups (broad SMARTS) is 1. The van der Waals surface area contributed by atoms with Crippen molar-refractivity contribution < 1.29 is 19.4 Å². The molecule has 0 spiro atoms. The molecular weight excluding hydrogens is 234 g/mol. The third kappa shape index (κ3) is 4.97. The van der Waals surface area contributed by atoms with E-state index >= 15 is 0 Å². The van der Waals surface area contributed by atoms with E-state index in [2.05, 4.69) is 5.32 Å². The summed E-state index contributed by atoms with van der Waals surface area (Å²) in [6.45, 7) is 3.53. The van der Waals surface area contributed by atoms with Gasteiger partial charge < -0.3 is 15.2 Å². The van der Waals surface area contributed by atoms with Crippen molar-refractivity contribution in [1.29, 1.82) is 0 Å². The number of ether oxygens (including phenoxy) is 1. The van der Waals surface area contributed by atoms with Gasteiger partial charge in [-0.1, -0.05) is 29.8 Å². The fraction of sp³-hybridized carbons (Fsp3) is 0.385. The zero-order chi connectivity index (χ0) is 13.5. The first-order valence-electron chi connectivity index (χ1n) is 5.65. The summed E-state index contributed by atoms with van der Waals surface area (Å²) >= 11 is 0. The molecule has 0 aliphatic carbocycles. The van der Waals surface area contributed by atoms with E-state index in [0.717, 1.165) is 11.1 Å². The first-order chi connectivity index (χ1) is 8.49. The molecule has 0 heterocycles. The van der Waals surface area contributed by atoms with Crippen LogP contribution >= 0.6 is 0 Å². The molecule has 1 aromatic rings. The van der Waals surface area contributed by atoms with Crippen LogP contribution in [0.2, 0.25) is 0 Å². The van der Waals surface area contributed by atoms with Gasteiger partial charge in [0.25, 0.3) is 0 Å². The molecule has 2 N–H and O–H groups in total. The quantitative estimate of drug-likeness (QED) is 0.794. The number of hydrogen-bond acceptors (Lipinski definition) is 3. The Hall–Kier alpha value is -1.88. The molecule has 0 radical (unpaired) electrons. The zero-order valence-corrected chi connectivity index (χ0v) is 10.5. The zero-order valence-electron chi connectivity index (χ0n) is 10.5. The molecule has 1 atom stereocenters. The number of carboxylic acids is 1. The van der Waals surface area contributed by atoms with Gasteiger partial charge in [-0.05, 0) is 19.4 Å². The van der Waals surface area contributed by atoms with Gasteiger partial charge in [-0.2, -0.15) is 0 Å². The highest BCUT2D eigenvalue weighted by atomic mass is 16.5. The van der Waals surface area contributed by atoms with Gasteiger partial charge in [-0.3, -0.25) is 4.79 Å². The van der Waals surface area contributed by atoms with Crippen molar-refractivity contribution in [3.05, 3.63) is 35.4 Å². The predicted molar refractivity (Wildman–Crippen MR) is 66.1 cm³/mol. The summed E-state index contributed by atoms with van der Waals surface area (Å²) in [6, 6.07) is 7.78. The number of benzene rings is 1. The second-order valence-electron chi connectivity index (χ2n) is 4.05. The van der Waals surface area contributed by atoms with Crippen LogP contribution in [0, 0.1) is 6.92 Å². The molecule has 0 bridgehead atoms. The minimum absolute atomic E-state index is 0.251. The molecule has 0 aliphatic heterocycles. The normalized spacial score (nSPS) is 11.9. The highest BCUT2D eigenvalue weighted by molar-refractivity contribution is 5.78. The maximum atomic E-state index is 11.4. The second-order valence-corrected chi connectivity index (χ2v) is 4.05. The molecule has 1 rings (SSSR count). The second kappa shape index (κ2) is 6.76. The van der Waals surface area contributed by atoms with Crippen LogP contribution in [0.15, 0.2) is 24.3 Å². The molecule has 0 aliphatic rings. The fourth-order valence-electron chi connectivity index (χ4n) is 1.23. The van der Waals surface area contributed by atoms with Gasteiger partial charge >= 0.3 is 5.97 Å². The maximum absolute atomic E-state index is 11.4. The van der Waals surface area contributed by atoms with Gasteiger partial charge in [0, 0.05) is 6.54 Å². The lowest BCUT2D eigenvalue weighted by Crippen LogP contribution is -2.31. The molecule has 5 heteroatoms.